The van der Waals surface area contributed by atoms with E-state index >= 15 is 0 Å². The van der Waals surface area contributed by atoms with E-state index in [1.54, 1.807) is 0 Å². The van der Waals surface area contributed by atoms with Crippen LogP contribution in [0.15, 0.2) is 0 Å². The van der Waals surface area contributed by atoms with Crippen molar-refractivity contribution in [3.63, 3.8) is 0 Å². The highest BCUT2D eigenvalue weighted by molar-refractivity contribution is 8.13. The van der Waals surface area contributed by atoms with Crippen LogP contribution in [-0.4, -0.2) is 26.4 Å². The molecule has 1 aliphatic rings. The van der Waals surface area contributed by atoms with Gasteiger partial charge in [0.2, 0.25) is 9.05 Å². The predicted molar refractivity (Wildman–Crippen MR) is 70.9 cm³/mol. The molecule has 0 radical (unpaired) electrons. The van der Waals surface area contributed by atoms with Crippen LogP contribution < -0.4 is 0 Å². The van der Waals surface area contributed by atoms with Crippen molar-refractivity contribution in [2.24, 2.45) is 5.41 Å². The first-order valence-corrected chi connectivity index (χ1v) is 8.66. The Morgan fingerprint density at radius 2 is 1.71 bits per heavy atom. The van der Waals surface area contributed by atoms with E-state index < -0.39 is 9.05 Å². The SMILES string of the molecule is CC(C)(C)OCC1(CS(=O)(=O)Cl)CCCCC1. The van der Waals surface area contributed by atoms with Gasteiger partial charge in [-0.1, -0.05) is 19.3 Å². The van der Waals surface area contributed by atoms with E-state index in [4.69, 9.17) is 15.4 Å². The maximum absolute atomic E-state index is 11.3. The third-order valence-corrected chi connectivity index (χ3v) is 4.49. The predicted octanol–water partition coefficient (Wildman–Crippen LogP) is 3.32. The molecule has 0 aromatic carbocycles. The number of halogens is 1. The van der Waals surface area contributed by atoms with Gasteiger partial charge >= 0.3 is 0 Å². The average Bonchev–Trinajstić information content (AvgIpc) is 2.13. The molecule has 5 heteroatoms. The summed E-state index contributed by atoms with van der Waals surface area (Å²) in [4.78, 5) is 0. The van der Waals surface area contributed by atoms with Crippen molar-refractivity contribution in [2.45, 2.75) is 58.5 Å². The van der Waals surface area contributed by atoms with Crippen LogP contribution in [0.2, 0.25) is 0 Å². The van der Waals surface area contributed by atoms with Gasteiger partial charge in [-0.15, -0.1) is 0 Å². The molecule has 0 heterocycles. The van der Waals surface area contributed by atoms with Crippen molar-refractivity contribution in [2.75, 3.05) is 12.4 Å². The molecule has 0 bridgehead atoms. The lowest BCUT2D eigenvalue weighted by Crippen LogP contribution is -2.38. The molecule has 3 nitrogen and oxygen atoms in total. The second kappa shape index (κ2) is 5.45. The van der Waals surface area contributed by atoms with Gasteiger partial charge < -0.3 is 4.74 Å². The van der Waals surface area contributed by atoms with Crippen molar-refractivity contribution < 1.29 is 13.2 Å². The van der Waals surface area contributed by atoms with Crippen LogP contribution in [0.3, 0.4) is 0 Å². The number of hydrogen-bond donors (Lipinski definition) is 0. The lowest BCUT2D eigenvalue weighted by Gasteiger charge is -2.38. The topological polar surface area (TPSA) is 43.4 Å². The Kier molecular flexibility index (Phi) is 4.89. The zero-order chi connectivity index (χ0) is 13.2. The monoisotopic (exact) mass is 282 g/mol. The van der Waals surface area contributed by atoms with E-state index in [0.29, 0.717) is 6.61 Å². The van der Waals surface area contributed by atoms with Crippen molar-refractivity contribution in [1.29, 1.82) is 0 Å². The molecule has 0 N–H and O–H groups in total. The van der Waals surface area contributed by atoms with Crippen LogP contribution in [0.5, 0.6) is 0 Å². The van der Waals surface area contributed by atoms with E-state index in [-0.39, 0.29) is 16.8 Å². The molecule has 102 valence electrons. The molecule has 1 saturated carbocycles. The van der Waals surface area contributed by atoms with Crippen LogP contribution in [-0.2, 0) is 13.8 Å². The van der Waals surface area contributed by atoms with E-state index in [1.807, 2.05) is 20.8 Å². The second-order valence-corrected chi connectivity index (χ2v) is 8.92. The summed E-state index contributed by atoms with van der Waals surface area (Å²) in [6.45, 7) is 6.44. The normalized spacial score (nSPS) is 21.4. The van der Waals surface area contributed by atoms with Crippen LogP contribution in [0.25, 0.3) is 0 Å². The van der Waals surface area contributed by atoms with Crippen LogP contribution in [0.4, 0.5) is 0 Å². The van der Waals surface area contributed by atoms with Gasteiger partial charge in [-0.2, -0.15) is 0 Å². The van der Waals surface area contributed by atoms with E-state index in [9.17, 15) is 8.42 Å². The highest BCUT2D eigenvalue weighted by Gasteiger charge is 2.37. The fourth-order valence-corrected chi connectivity index (χ4v) is 4.17. The highest BCUT2D eigenvalue weighted by Crippen LogP contribution is 2.39. The second-order valence-electron chi connectivity index (χ2n) is 6.14. The molecule has 0 spiro atoms. The Hall–Kier alpha value is 0.200. The number of ether oxygens (including phenoxy) is 1. The van der Waals surface area contributed by atoms with Gasteiger partial charge in [0.25, 0.3) is 0 Å². The molecule has 0 aromatic heterocycles. The maximum atomic E-state index is 11.3. The molecule has 17 heavy (non-hydrogen) atoms. The van der Waals surface area contributed by atoms with Gasteiger partial charge in [0.15, 0.2) is 0 Å². The lowest BCUT2D eigenvalue weighted by molar-refractivity contribution is -0.0560. The standard InChI is InChI=1S/C12H23ClO3S/c1-11(2,3)16-9-12(10-17(13,14)15)7-5-4-6-8-12/h4-10H2,1-3H3. The first-order valence-electron chi connectivity index (χ1n) is 6.18. The summed E-state index contributed by atoms with van der Waals surface area (Å²) >= 11 is 0. The molecule has 1 fully saturated rings. The molecule has 0 amide bonds. The lowest BCUT2D eigenvalue weighted by atomic mass is 9.76. The van der Waals surface area contributed by atoms with E-state index in [1.165, 1.54) is 6.42 Å². The smallest absolute Gasteiger partial charge is 0.233 e. The molecule has 1 rings (SSSR count). The molecular weight excluding hydrogens is 260 g/mol. The van der Waals surface area contributed by atoms with Gasteiger partial charge in [-0.3, -0.25) is 0 Å². The molecule has 1 aliphatic carbocycles. The molecule has 0 atom stereocenters. The van der Waals surface area contributed by atoms with Crippen LogP contribution in [0.1, 0.15) is 52.9 Å². The average molecular weight is 283 g/mol. The van der Waals surface area contributed by atoms with Gasteiger partial charge in [0.05, 0.1) is 18.0 Å². The van der Waals surface area contributed by atoms with E-state index in [2.05, 4.69) is 0 Å². The van der Waals surface area contributed by atoms with Crippen molar-refractivity contribution >= 4 is 19.7 Å². The summed E-state index contributed by atoms with van der Waals surface area (Å²) in [7, 11) is 1.97. The first kappa shape index (κ1) is 15.3. The fraction of sp³-hybridized carbons (Fsp3) is 1.00. The minimum atomic E-state index is -3.46. The largest absolute Gasteiger partial charge is 0.375 e. The quantitative estimate of drug-likeness (QED) is 0.743. The zero-order valence-corrected chi connectivity index (χ0v) is 12.5. The summed E-state index contributed by atoms with van der Waals surface area (Å²) in [5.41, 5.74) is -0.507. The van der Waals surface area contributed by atoms with Gasteiger partial charge in [0, 0.05) is 16.1 Å². The van der Waals surface area contributed by atoms with Crippen LogP contribution >= 0.6 is 10.7 Å². The maximum Gasteiger partial charge on any atom is 0.233 e. The van der Waals surface area contributed by atoms with Crippen molar-refractivity contribution in [3.05, 3.63) is 0 Å². The Morgan fingerprint density at radius 1 is 1.18 bits per heavy atom. The molecule has 0 saturated heterocycles. The molecule has 0 aromatic rings. The summed E-state index contributed by atoms with van der Waals surface area (Å²) in [6, 6.07) is 0. The summed E-state index contributed by atoms with van der Waals surface area (Å²) in [6.07, 6.45) is 5.11. The molecule has 0 aliphatic heterocycles. The summed E-state index contributed by atoms with van der Waals surface area (Å²) in [5.74, 6) is 0.0393. The Morgan fingerprint density at radius 3 is 2.12 bits per heavy atom. The Bertz CT molecular complexity index is 337. The van der Waals surface area contributed by atoms with Crippen molar-refractivity contribution in [3.8, 4) is 0 Å². The van der Waals surface area contributed by atoms with Gasteiger partial charge in [0.1, 0.15) is 0 Å². The Balaban J connectivity index is 2.72. The highest BCUT2D eigenvalue weighted by atomic mass is 35.7. The minimum absolute atomic E-state index is 0.0393. The number of rotatable bonds is 4. The molecule has 0 unspecified atom stereocenters. The third-order valence-electron chi connectivity index (χ3n) is 3.20. The van der Waals surface area contributed by atoms with E-state index in [0.717, 1.165) is 25.7 Å². The minimum Gasteiger partial charge on any atom is -0.375 e. The zero-order valence-electron chi connectivity index (χ0n) is 11.0. The van der Waals surface area contributed by atoms with Gasteiger partial charge in [-0.05, 0) is 33.6 Å². The van der Waals surface area contributed by atoms with Gasteiger partial charge in [-0.25, -0.2) is 8.42 Å². The van der Waals surface area contributed by atoms with Crippen molar-refractivity contribution in [1.82, 2.24) is 0 Å². The summed E-state index contributed by atoms with van der Waals surface area (Å²) < 4.78 is 28.5. The summed E-state index contributed by atoms with van der Waals surface area (Å²) in [5, 5.41) is 0. The third kappa shape index (κ3) is 6.07. The van der Waals surface area contributed by atoms with Crippen LogP contribution in [0, 0.1) is 5.41 Å². The fourth-order valence-electron chi connectivity index (χ4n) is 2.37. The number of hydrogen-bond acceptors (Lipinski definition) is 3. The Labute approximate surface area is 109 Å². The first-order chi connectivity index (χ1) is 7.62. The molecular formula is C12H23ClO3S.